The fourth-order valence-electron chi connectivity index (χ4n) is 2.53. The van der Waals surface area contributed by atoms with Crippen LogP contribution in [-0.4, -0.2) is 67.3 Å². The van der Waals surface area contributed by atoms with Crippen LogP contribution in [0.15, 0.2) is 5.51 Å². The van der Waals surface area contributed by atoms with Crippen molar-refractivity contribution in [2.24, 2.45) is 0 Å². The van der Waals surface area contributed by atoms with Crippen LogP contribution in [-0.2, 0) is 11.2 Å². The summed E-state index contributed by atoms with van der Waals surface area (Å²) in [6.45, 7) is 10.6. The van der Waals surface area contributed by atoms with E-state index in [-0.39, 0.29) is 0 Å². The molecule has 19 heavy (non-hydrogen) atoms. The van der Waals surface area contributed by atoms with E-state index < -0.39 is 0 Å². The number of hydrogen-bond acceptors (Lipinski definition) is 5. The van der Waals surface area contributed by atoms with Crippen molar-refractivity contribution in [1.29, 1.82) is 0 Å². The molecule has 108 valence electrons. The minimum atomic E-state index is 0.608. The van der Waals surface area contributed by atoms with Crippen LogP contribution in [0.4, 0.5) is 0 Å². The van der Waals surface area contributed by atoms with Gasteiger partial charge < -0.3 is 9.64 Å². The minimum Gasteiger partial charge on any atom is -0.379 e. The first kappa shape index (κ1) is 14.9. The number of likely N-dealkylation sites (N-methyl/N-ethyl adjacent to an activating group) is 1. The van der Waals surface area contributed by atoms with E-state index >= 15 is 0 Å². The van der Waals surface area contributed by atoms with Gasteiger partial charge in [0.1, 0.15) is 0 Å². The molecule has 0 spiro atoms. The third kappa shape index (κ3) is 4.53. The fraction of sp³-hybridized carbons (Fsp3) is 0.786. The number of thiazole rings is 1. The fourth-order valence-corrected chi connectivity index (χ4v) is 3.31. The Balaban J connectivity index is 1.71. The van der Waals surface area contributed by atoms with Gasteiger partial charge in [-0.15, -0.1) is 11.3 Å². The Hall–Kier alpha value is -0.490. The lowest BCUT2D eigenvalue weighted by Gasteiger charge is -2.34. The third-order valence-electron chi connectivity index (χ3n) is 3.81. The molecule has 0 aromatic carbocycles. The van der Waals surface area contributed by atoms with Gasteiger partial charge in [-0.3, -0.25) is 4.90 Å². The smallest absolute Gasteiger partial charge is 0.0797 e. The van der Waals surface area contributed by atoms with Crippen LogP contribution >= 0.6 is 11.3 Å². The van der Waals surface area contributed by atoms with Crippen molar-refractivity contribution in [3.05, 3.63) is 16.1 Å². The average Bonchev–Trinajstić information content (AvgIpc) is 2.83. The minimum absolute atomic E-state index is 0.608. The Kier molecular flexibility index (Phi) is 5.76. The normalized spacial score (nSPS) is 18.9. The molecule has 0 N–H and O–H groups in total. The monoisotopic (exact) mass is 283 g/mol. The van der Waals surface area contributed by atoms with E-state index in [1.807, 2.05) is 5.51 Å². The first-order chi connectivity index (χ1) is 9.16. The lowest BCUT2D eigenvalue weighted by molar-refractivity contribution is 0.0142. The Labute approximate surface area is 120 Å². The Bertz CT molecular complexity index is 377. The highest BCUT2D eigenvalue weighted by Gasteiger charge is 2.18. The highest BCUT2D eigenvalue weighted by Crippen LogP contribution is 2.13. The molecule has 2 heterocycles. The van der Waals surface area contributed by atoms with Gasteiger partial charge in [-0.1, -0.05) is 0 Å². The van der Waals surface area contributed by atoms with Gasteiger partial charge in [-0.2, -0.15) is 0 Å². The van der Waals surface area contributed by atoms with E-state index in [0.29, 0.717) is 6.04 Å². The number of aryl methyl sites for hydroxylation is 1. The van der Waals surface area contributed by atoms with Crippen LogP contribution in [0.25, 0.3) is 0 Å². The molecule has 4 nitrogen and oxygen atoms in total. The maximum atomic E-state index is 5.40. The second kappa shape index (κ2) is 7.33. The summed E-state index contributed by atoms with van der Waals surface area (Å²) < 4.78 is 5.40. The molecule has 0 amide bonds. The molecule has 5 heteroatoms. The van der Waals surface area contributed by atoms with Crippen molar-refractivity contribution in [2.45, 2.75) is 26.3 Å². The molecule has 1 unspecified atom stereocenters. The number of rotatable bonds is 6. The molecular formula is C14H25N3OS. The predicted octanol–water partition coefficient (Wildman–Crippen LogP) is 1.65. The van der Waals surface area contributed by atoms with Gasteiger partial charge in [0, 0.05) is 37.1 Å². The Morgan fingerprint density at radius 3 is 2.84 bits per heavy atom. The van der Waals surface area contributed by atoms with Crippen molar-refractivity contribution in [1.82, 2.24) is 14.8 Å². The van der Waals surface area contributed by atoms with Crippen molar-refractivity contribution in [3.63, 3.8) is 0 Å². The number of nitrogens with zero attached hydrogens (tertiary/aromatic N) is 3. The van der Waals surface area contributed by atoms with Gasteiger partial charge in [0.05, 0.1) is 24.4 Å². The van der Waals surface area contributed by atoms with Crippen molar-refractivity contribution < 1.29 is 4.74 Å². The predicted molar refractivity (Wildman–Crippen MR) is 79.9 cm³/mol. The molecule has 1 fully saturated rings. The van der Waals surface area contributed by atoms with E-state index in [9.17, 15) is 0 Å². The molecule has 1 aliphatic rings. The number of aromatic nitrogens is 1. The summed E-state index contributed by atoms with van der Waals surface area (Å²) >= 11 is 1.77. The highest BCUT2D eigenvalue weighted by atomic mass is 32.1. The third-order valence-corrected chi connectivity index (χ3v) is 4.81. The molecule has 0 bridgehead atoms. The zero-order valence-electron chi connectivity index (χ0n) is 12.3. The molecule has 1 aromatic rings. The lowest BCUT2D eigenvalue weighted by atomic mass is 10.2. The molecule has 0 saturated carbocycles. The summed E-state index contributed by atoms with van der Waals surface area (Å²) in [6.07, 6.45) is 1.11. The van der Waals surface area contributed by atoms with Crippen LogP contribution in [0, 0.1) is 6.92 Å². The van der Waals surface area contributed by atoms with Crippen LogP contribution in [0.2, 0.25) is 0 Å². The Morgan fingerprint density at radius 1 is 1.47 bits per heavy atom. The molecular weight excluding hydrogens is 258 g/mol. The van der Waals surface area contributed by atoms with E-state index in [1.54, 1.807) is 11.3 Å². The second-order valence-corrected chi connectivity index (χ2v) is 6.31. The average molecular weight is 283 g/mol. The summed E-state index contributed by atoms with van der Waals surface area (Å²) in [6, 6.07) is 0.608. The van der Waals surface area contributed by atoms with E-state index in [0.717, 1.165) is 45.8 Å². The molecule has 1 aliphatic heterocycles. The first-order valence-corrected chi connectivity index (χ1v) is 7.94. The van der Waals surface area contributed by atoms with Crippen LogP contribution in [0.3, 0.4) is 0 Å². The van der Waals surface area contributed by atoms with Gasteiger partial charge in [0.25, 0.3) is 0 Å². The van der Waals surface area contributed by atoms with E-state index in [1.165, 1.54) is 10.6 Å². The lowest BCUT2D eigenvalue weighted by Crippen LogP contribution is -2.46. The summed E-state index contributed by atoms with van der Waals surface area (Å²) in [7, 11) is 2.22. The summed E-state index contributed by atoms with van der Waals surface area (Å²) in [4.78, 5) is 10.7. The topological polar surface area (TPSA) is 28.6 Å². The molecule has 1 atom stereocenters. The number of morpholine rings is 1. The SMILES string of the molecule is Cc1ncsc1CCN(C)CC(C)N1CCOCC1. The summed E-state index contributed by atoms with van der Waals surface area (Å²) in [5.74, 6) is 0. The van der Waals surface area contributed by atoms with E-state index in [4.69, 9.17) is 4.74 Å². The molecule has 0 radical (unpaired) electrons. The largest absolute Gasteiger partial charge is 0.379 e. The van der Waals surface area contributed by atoms with Gasteiger partial charge in [0.2, 0.25) is 0 Å². The zero-order chi connectivity index (χ0) is 13.7. The first-order valence-electron chi connectivity index (χ1n) is 7.06. The van der Waals surface area contributed by atoms with Gasteiger partial charge in [0.15, 0.2) is 0 Å². The van der Waals surface area contributed by atoms with Crippen LogP contribution < -0.4 is 0 Å². The van der Waals surface area contributed by atoms with Crippen LogP contribution in [0.1, 0.15) is 17.5 Å². The summed E-state index contributed by atoms with van der Waals surface area (Å²) in [5.41, 5.74) is 3.14. The quantitative estimate of drug-likeness (QED) is 0.794. The molecule has 0 aliphatic carbocycles. The maximum absolute atomic E-state index is 5.40. The van der Waals surface area contributed by atoms with Crippen molar-refractivity contribution in [2.75, 3.05) is 46.4 Å². The van der Waals surface area contributed by atoms with E-state index in [2.05, 4.69) is 35.7 Å². The molecule has 1 aromatic heterocycles. The zero-order valence-corrected chi connectivity index (χ0v) is 13.1. The Morgan fingerprint density at radius 2 is 2.21 bits per heavy atom. The highest BCUT2D eigenvalue weighted by molar-refractivity contribution is 7.09. The van der Waals surface area contributed by atoms with Crippen molar-refractivity contribution >= 4 is 11.3 Å². The number of ether oxygens (including phenoxy) is 1. The summed E-state index contributed by atoms with van der Waals surface area (Å²) in [5, 5.41) is 0. The molecule has 2 rings (SSSR count). The molecule has 1 saturated heterocycles. The maximum Gasteiger partial charge on any atom is 0.0797 e. The van der Waals surface area contributed by atoms with Gasteiger partial charge >= 0.3 is 0 Å². The van der Waals surface area contributed by atoms with Gasteiger partial charge in [-0.05, 0) is 27.3 Å². The van der Waals surface area contributed by atoms with Crippen LogP contribution in [0.5, 0.6) is 0 Å². The van der Waals surface area contributed by atoms with Gasteiger partial charge in [-0.25, -0.2) is 4.98 Å². The van der Waals surface area contributed by atoms with Crippen molar-refractivity contribution in [3.8, 4) is 0 Å². The standard InChI is InChI=1S/C14H25N3OS/c1-12(17-6-8-18-9-7-17)10-16(3)5-4-14-13(2)15-11-19-14/h11-12H,4-10H2,1-3H3. The number of hydrogen-bond donors (Lipinski definition) is 0. The second-order valence-electron chi connectivity index (χ2n) is 5.37.